The average molecular weight is 292 g/mol. The van der Waals surface area contributed by atoms with Gasteiger partial charge in [-0.05, 0) is 69.8 Å². The predicted octanol–water partition coefficient (Wildman–Crippen LogP) is 3.47. The first-order valence-electron chi connectivity index (χ1n) is 8.31. The Morgan fingerprint density at radius 3 is 2.67 bits per heavy atom. The number of piperidine rings is 1. The van der Waals surface area contributed by atoms with Crippen LogP contribution in [0.4, 0.5) is 4.39 Å². The highest BCUT2D eigenvalue weighted by Gasteiger charge is 2.24. The molecule has 1 aliphatic heterocycles. The Labute approximate surface area is 128 Å². The van der Waals surface area contributed by atoms with Crippen LogP contribution < -0.4 is 5.32 Å². The molecule has 0 aromatic heterocycles. The van der Waals surface area contributed by atoms with Crippen molar-refractivity contribution in [2.24, 2.45) is 5.92 Å². The molecule has 2 nitrogen and oxygen atoms in total. The summed E-state index contributed by atoms with van der Waals surface area (Å²) >= 11 is 0. The van der Waals surface area contributed by atoms with E-state index in [9.17, 15) is 4.39 Å². The molecule has 1 N–H and O–H groups in total. The Hall–Kier alpha value is -0.930. The third-order valence-corrected chi connectivity index (χ3v) is 4.70. The minimum Gasteiger partial charge on any atom is -0.311 e. The quantitative estimate of drug-likeness (QED) is 0.863. The number of hydrogen-bond acceptors (Lipinski definition) is 2. The maximum absolute atomic E-state index is 12.9. The van der Waals surface area contributed by atoms with Gasteiger partial charge in [0.1, 0.15) is 5.82 Å². The standard InChI is InChI=1S/C18H29FN2/c1-4-21-11-5-6-17(13-21)15(3)20-14(2)12-16-7-9-18(19)10-8-16/h7-10,14-15,17,20H,4-6,11-13H2,1-3H3. The number of nitrogens with one attached hydrogen (secondary N) is 1. The van der Waals surface area contributed by atoms with Crippen LogP contribution in [0.5, 0.6) is 0 Å². The van der Waals surface area contributed by atoms with Gasteiger partial charge in [0.15, 0.2) is 0 Å². The minimum atomic E-state index is -0.158. The molecule has 118 valence electrons. The van der Waals surface area contributed by atoms with E-state index in [1.165, 1.54) is 31.5 Å². The third kappa shape index (κ3) is 5.08. The molecular formula is C18H29FN2. The smallest absolute Gasteiger partial charge is 0.123 e. The van der Waals surface area contributed by atoms with Crippen LogP contribution in [0.1, 0.15) is 39.2 Å². The van der Waals surface area contributed by atoms with E-state index in [1.54, 1.807) is 12.1 Å². The molecule has 3 atom stereocenters. The molecule has 0 spiro atoms. The molecule has 21 heavy (non-hydrogen) atoms. The first-order valence-corrected chi connectivity index (χ1v) is 8.31. The highest BCUT2D eigenvalue weighted by atomic mass is 19.1. The van der Waals surface area contributed by atoms with Crippen molar-refractivity contribution in [3.8, 4) is 0 Å². The zero-order chi connectivity index (χ0) is 15.2. The van der Waals surface area contributed by atoms with E-state index in [-0.39, 0.29) is 5.82 Å². The Balaban J connectivity index is 1.81. The molecule has 3 unspecified atom stereocenters. The van der Waals surface area contributed by atoms with E-state index in [0.717, 1.165) is 18.9 Å². The first kappa shape index (κ1) is 16.4. The summed E-state index contributed by atoms with van der Waals surface area (Å²) in [5.74, 6) is 0.587. The first-order chi connectivity index (χ1) is 10.1. The van der Waals surface area contributed by atoms with E-state index in [1.807, 2.05) is 12.1 Å². The fourth-order valence-corrected chi connectivity index (χ4v) is 3.40. The molecule has 1 saturated heterocycles. The molecule has 2 rings (SSSR count). The maximum atomic E-state index is 12.9. The summed E-state index contributed by atoms with van der Waals surface area (Å²) in [4.78, 5) is 2.55. The van der Waals surface area contributed by atoms with Gasteiger partial charge in [0.2, 0.25) is 0 Å². The van der Waals surface area contributed by atoms with Crippen LogP contribution in [-0.4, -0.2) is 36.6 Å². The van der Waals surface area contributed by atoms with E-state index in [4.69, 9.17) is 0 Å². The van der Waals surface area contributed by atoms with Gasteiger partial charge < -0.3 is 10.2 Å². The lowest BCUT2D eigenvalue weighted by Crippen LogP contribution is -2.47. The summed E-state index contributed by atoms with van der Waals surface area (Å²) in [6.07, 6.45) is 3.60. The molecule has 3 heteroatoms. The summed E-state index contributed by atoms with van der Waals surface area (Å²) < 4.78 is 12.9. The van der Waals surface area contributed by atoms with Gasteiger partial charge in [0.25, 0.3) is 0 Å². The Bertz CT molecular complexity index is 418. The lowest BCUT2D eigenvalue weighted by Gasteiger charge is -2.36. The molecule has 0 saturated carbocycles. The predicted molar refractivity (Wildman–Crippen MR) is 87.0 cm³/mol. The van der Waals surface area contributed by atoms with Crippen LogP contribution in [-0.2, 0) is 6.42 Å². The van der Waals surface area contributed by atoms with Crippen molar-refractivity contribution in [2.75, 3.05) is 19.6 Å². The molecule has 1 aromatic carbocycles. The van der Waals surface area contributed by atoms with Crippen LogP contribution in [0.3, 0.4) is 0 Å². The van der Waals surface area contributed by atoms with Crippen molar-refractivity contribution in [1.29, 1.82) is 0 Å². The normalized spacial score (nSPS) is 23.0. The SMILES string of the molecule is CCN1CCCC(C(C)NC(C)Cc2ccc(F)cc2)C1. The van der Waals surface area contributed by atoms with Crippen LogP contribution in [0.2, 0.25) is 0 Å². The monoisotopic (exact) mass is 292 g/mol. The molecule has 1 fully saturated rings. The van der Waals surface area contributed by atoms with Gasteiger partial charge in [-0.25, -0.2) is 4.39 Å². The number of hydrogen-bond donors (Lipinski definition) is 1. The highest BCUT2D eigenvalue weighted by molar-refractivity contribution is 5.17. The molecule has 0 amide bonds. The van der Waals surface area contributed by atoms with Crippen molar-refractivity contribution >= 4 is 0 Å². The molecule has 1 aliphatic rings. The molecule has 0 radical (unpaired) electrons. The summed E-state index contributed by atoms with van der Waals surface area (Å²) in [6, 6.07) is 7.82. The van der Waals surface area contributed by atoms with E-state index >= 15 is 0 Å². The van der Waals surface area contributed by atoms with E-state index in [0.29, 0.717) is 12.1 Å². The zero-order valence-electron chi connectivity index (χ0n) is 13.6. The van der Waals surface area contributed by atoms with Gasteiger partial charge >= 0.3 is 0 Å². The number of likely N-dealkylation sites (tertiary alicyclic amines) is 1. The number of nitrogens with zero attached hydrogens (tertiary/aromatic N) is 1. The molecule has 0 aliphatic carbocycles. The second kappa shape index (κ2) is 7.90. The van der Waals surface area contributed by atoms with Gasteiger partial charge in [-0.1, -0.05) is 19.1 Å². The maximum Gasteiger partial charge on any atom is 0.123 e. The van der Waals surface area contributed by atoms with Gasteiger partial charge in [-0.3, -0.25) is 0 Å². The summed E-state index contributed by atoms with van der Waals surface area (Å²) in [5.41, 5.74) is 1.20. The van der Waals surface area contributed by atoms with Crippen molar-refractivity contribution in [3.63, 3.8) is 0 Å². The van der Waals surface area contributed by atoms with Gasteiger partial charge in [0, 0.05) is 18.6 Å². The highest BCUT2D eigenvalue weighted by Crippen LogP contribution is 2.20. The van der Waals surface area contributed by atoms with Crippen molar-refractivity contribution < 1.29 is 4.39 Å². The minimum absolute atomic E-state index is 0.158. The molecular weight excluding hydrogens is 263 g/mol. The van der Waals surface area contributed by atoms with Crippen LogP contribution in [0.25, 0.3) is 0 Å². The fraction of sp³-hybridized carbons (Fsp3) is 0.667. The van der Waals surface area contributed by atoms with E-state index in [2.05, 4.69) is 31.0 Å². The number of halogens is 1. The third-order valence-electron chi connectivity index (χ3n) is 4.70. The molecule has 1 aromatic rings. The molecule has 1 heterocycles. The topological polar surface area (TPSA) is 15.3 Å². The fourth-order valence-electron chi connectivity index (χ4n) is 3.40. The van der Waals surface area contributed by atoms with Crippen LogP contribution in [0.15, 0.2) is 24.3 Å². The number of benzene rings is 1. The van der Waals surface area contributed by atoms with Gasteiger partial charge in [-0.2, -0.15) is 0 Å². The van der Waals surface area contributed by atoms with Crippen molar-refractivity contribution in [2.45, 2.75) is 52.1 Å². The van der Waals surface area contributed by atoms with Crippen LogP contribution >= 0.6 is 0 Å². The zero-order valence-corrected chi connectivity index (χ0v) is 13.6. The summed E-state index contributed by atoms with van der Waals surface area (Å²) in [6.45, 7) is 10.4. The molecule has 0 bridgehead atoms. The van der Waals surface area contributed by atoms with Gasteiger partial charge in [-0.15, -0.1) is 0 Å². The van der Waals surface area contributed by atoms with Crippen molar-refractivity contribution in [3.05, 3.63) is 35.6 Å². The lowest BCUT2D eigenvalue weighted by atomic mass is 9.91. The second-order valence-corrected chi connectivity index (χ2v) is 6.48. The summed E-state index contributed by atoms with van der Waals surface area (Å²) in [5, 5.41) is 3.74. The second-order valence-electron chi connectivity index (χ2n) is 6.48. The Morgan fingerprint density at radius 2 is 2.00 bits per heavy atom. The summed E-state index contributed by atoms with van der Waals surface area (Å²) in [7, 11) is 0. The Kier molecular flexibility index (Phi) is 6.19. The number of rotatable bonds is 6. The average Bonchev–Trinajstić information content (AvgIpc) is 2.49. The van der Waals surface area contributed by atoms with Gasteiger partial charge in [0.05, 0.1) is 0 Å². The van der Waals surface area contributed by atoms with Crippen molar-refractivity contribution in [1.82, 2.24) is 10.2 Å². The Morgan fingerprint density at radius 1 is 1.29 bits per heavy atom. The van der Waals surface area contributed by atoms with E-state index < -0.39 is 0 Å². The van der Waals surface area contributed by atoms with Crippen LogP contribution in [0, 0.1) is 11.7 Å². The largest absolute Gasteiger partial charge is 0.311 e. The lowest BCUT2D eigenvalue weighted by molar-refractivity contribution is 0.153.